The van der Waals surface area contributed by atoms with Crippen LogP contribution in [0.25, 0.3) is 10.8 Å². The van der Waals surface area contributed by atoms with E-state index in [4.69, 9.17) is 14.2 Å². The molecule has 35 heavy (non-hydrogen) atoms. The maximum Gasteiger partial charge on any atom is 0.338 e. The van der Waals surface area contributed by atoms with Crippen LogP contribution in [0.5, 0.6) is 34.5 Å². The predicted octanol–water partition coefficient (Wildman–Crippen LogP) is 0.411. The van der Waals surface area contributed by atoms with Gasteiger partial charge in [-0.25, -0.2) is 4.79 Å². The lowest BCUT2D eigenvalue weighted by molar-refractivity contribution is -0.277. The summed E-state index contributed by atoms with van der Waals surface area (Å²) in [7, 11) is 0. The van der Waals surface area contributed by atoms with Crippen molar-refractivity contribution in [1.29, 1.82) is 0 Å². The Morgan fingerprint density at radius 3 is 2.17 bits per heavy atom. The molecule has 0 bridgehead atoms. The Morgan fingerprint density at radius 2 is 1.49 bits per heavy atom. The molecular formula is C23H22O12. The number of carbonyl (C=O) groups is 1. The summed E-state index contributed by atoms with van der Waals surface area (Å²) in [5.41, 5.74) is -0.317. The first kappa shape index (κ1) is 24.2. The number of hydrogen-bond acceptors (Lipinski definition) is 12. The number of aliphatic hydroxyl groups is 3. The fraction of sp³-hybridized carbons (Fsp3) is 0.261. The van der Waals surface area contributed by atoms with Crippen molar-refractivity contribution in [1.82, 2.24) is 0 Å². The molecule has 0 spiro atoms. The maximum atomic E-state index is 12.3. The Labute approximate surface area is 197 Å². The molecule has 1 fully saturated rings. The summed E-state index contributed by atoms with van der Waals surface area (Å²) in [4.78, 5) is 12.3. The van der Waals surface area contributed by atoms with Gasteiger partial charge in [0.15, 0.2) is 17.2 Å². The first-order valence-corrected chi connectivity index (χ1v) is 10.3. The summed E-state index contributed by atoms with van der Waals surface area (Å²) in [5, 5.41) is 80.1. The molecule has 1 aliphatic rings. The van der Waals surface area contributed by atoms with Crippen molar-refractivity contribution in [3.8, 4) is 34.5 Å². The summed E-state index contributed by atoms with van der Waals surface area (Å²) in [6.45, 7) is -0.629. The monoisotopic (exact) mass is 490 g/mol. The van der Waals surface area contributed by atoms with Gasteiger partial charge < -0.3 is 55.1 Å². The fourth-order valence-electron chi connectivity index (χ4n) is 3.64. The SMILES string of the molecule is O=C(OC[C@H]1O[C@@H](Oc2cc(O)c3cccc(O)c3c2)[C@H](O)[C@@H](O)[C@@H]1O)c1cc(O)c(O)c(O)c1. The molecule has 8 N–H and O–H groups in total. The quantitative estimate of drug-likeness (QED) is 0.181. The zero-order chi connectivity index (χ0) is 25.4. The first-order valence-electron chi connectivity index (χ1n) is 10.3. The molecule has 1 heterocycles. The van der Waals surface area contributed by atoms with Crippen molar-refractivity contribution < 1.29 is 59.9 Å². The van der Waals surface area contributed by atoms with E-state index in [0.29, 0.717) is 5.39 Å². The lowest BCUT2D eigenvalue weighted by Gasteiger charge is -2.39. The van der Waals surface area contributed by atoms with Crippen LogP contribution in [-0.4, -0.2) is 84.1 Å². The van der Waals surface area contributed by atoms with Crippen molar-refractivity contribution in [3.63, 3.8) is 0 Å². The normalized spacial score (nSPS) is 24.3. The number of hydrogen-bond donors (Lipinski definition) is 8. The van der Waals surface area contributed by atoms with Gasteiger partial charge in [-0.2, -0.15) is 0 Å². The van der Waals surface area contributed by atoms with Crippen LogP contribution < -0.4 is 4.74 Å². The zero-order valence-electron chi connectivity index (χ0n) is 17.8. The molecule has 0 aliphatic carbocycles. The Bertz CT molecular complexity index is 1240. The number of phenolic OH excluding ortho intramolecular Hbond substituents is 5. The predicted molar refractivity (Wildman–Crippen MR) is 116 cm³/mol. The highest BCUT2D eigenvalue weighted by molar-refractivity contribution is 5.94. The molecule has 0 unspecified atom stereocenters. The van der Waals surface area contributed by atoms with Gasteiger partial charge in [0.25, 0.3) is 0 Å². The van der Waals surface area contributed by atoms with Gasteiger partial charge in [0.2, 0.25) is 6.29 Å². The van der Waals surface area contributed by atoms with E-state index >= 15 is 0 Å². The van der Waals surface area contributed by atoms with E-state index in [9.17, 15) is 45.6 Å². The first-order chi connectivity index (χ1) is 16.6. The number of esters is 1. The highest BCUT2D eigenvalue weighted by atomic mass is 16.7. The Balaban J connectivity index is 1.49. The highest BCUT2D eigenvalue weighted by Crippen LogP contribution is 2.37. The number of ether oxygens (including phenoxy) is 3. The van der Waals surface area contributed by atoms with Gasteiger partial charge in [0, 0.05) is 16.8 Å². The smallest absolute Gasteiger partial charge is 0.338 e. The molecule has 0 radical (unpaired) electrons. The molecule has 1 saturated heterocycles. The largest absolute Gasteiger partial charge is 0.507 e. The molecule has 0 aromatic heterocycles. The lowest BCUT2D eigenvalue weighted by Crippen LogP contribution is -2.60. The second-order valence-electron chi connectivity index (χ2n) is 7.91. The van der Waals surface area contributed by atoms with Crippen molar-refractivity contribution >= 4 is 16.7 Å². The number of benzene rings is 3. The van der Waals surface area contributed by atoms with E-state index < -0.39 is 60.5 Å². The van der Waals surface area contributed by atoms with E-state index in [-0.39, 0.29) is 28.2 Å². The van der Waals surface area contributed by atoms with Crippen LogP contribution in [0.4, 0.5) is 0 Å². The fourth-order valence-corrected chi connectivity index (χ4v) is 3.64. The van der Waals surface area contributed by atoms with Crippen LogP contribution in [0, 0.1) is 0 Å². The minimum atomic E-state index is -1.76. The minimum absolute atomic E-state index is 0.0325. The van der Waals surface area contributed by atoms with E-state index in [1.54, 1.807) is 6.07 Å². The average Bonchev–Trinajstić information content (AvgIpc) is 2.82. The minimum Gasteiger partial charge on any atom is -0.507 e. The van der Waals surface area contributed by atoms with Crippen molar-refractivity contribution in [2.45, 2.75) is 30.7 Å². The summed E-state index contributed by atoms with van der Waals surface area (Å²) in [6, 6.07) is 8.78. The van der Waals surface area contributed by atoms with Crippen molar-refractivity contribution in [2.24, 2.45) is 0 Å². The van der Waals surface area contributed by atoms with E-state index in [0.717, 1.165) is 12.1 Å². The number of carbonyl (C=O) groups excluding carboxylic acids is 1. The van der Waals surface area contributed by atoms with E-state index in [2.05, 4.69) is 0 Å². The molecule has 186 valence electrons. The Kier molecular flexibility index (Phi) is 6.45. The number of aliphatic hydroxyl groups excluding tert-OH is 3. The molecule has 3 aromatic rings. The second-order valence-corrected chi connectivity index (χ2v) is 7.91. The van der Waals surface area contributed by atoms with E-state index in [1.165, 1.54) is 24.3 Å². The zero-order valence-corrected chi connectivity index (χ0v) is 17.8. The van der Waals surface area contributed by atoms with Crippen molar-refractivity contribution in [2.75, 3.05) is 6.61 Å². The van der Waals surface area contributed by atoms with Crippen LogP contribution >= 0.6 is 0 Å². The molecule has 0 saturated carbocycles. The Morgan fingerprint density at radius 1 is 0.800 bits per heavy atom. The molecule has 4 rings (SSSR count). The Hall–Kier alpha value is -3.97. The van der Waals surface area contributed by atoms with Gasteiger partial charge in [-0.05, 0) is 24.3 Å². The summed E-state index contributed by atoms with van der Waals surface area (Å²) < 4.78 is 16.0. The molecule has 12 nitrogen and oxygen atoms in total. The van der Waals surface area contributed by atoms with Gasteiger partial charge in [-0.3, -0.25) is 0 Å². The maximum absolute atomic E-state index is 12.3. The van der Waals surface area contributed by atoms with Crippen LogP contribution in [0.3, 0.4) is 0 Å². The van der Waals surface area contributed by atoms with Gasteiger partial charge >= 0.3 is 5.97 Å². The van der Waals surface area contributed by atoms with Crippen LogP contribution in [0.15, 0.2) is 42.5 Å². The van der Waals surface area contributed by atoms with E-state index in [1.807, 2.05) is 0 Å². The summed E-state index contributed by atoms with van der Waals surface area (Å²) >= 11 is 0. The molecule has 5 atom stereocenters. The number of phenols is 5. The van der Waals surface area contributed by atoms with Gasteiger partial charge in [0.05, 0.1) is 5.56 Å². The summed E-state index contributed by atoms with van der Waals surface area (Å²) in [6.07, 6.45) is -8.12. The third-order valence-corrected chi connectivity index (χ3v) is 5.53. The van der Waals surface area contributed by atoms with Gasteiger partial charge in [-0.15, -0.1) is 0 Å². The number of fused-ring (bicyclic) bond motifs is 1. The second kappa shape index (κ2) is 9.35. The molecule has 1 aliphatic heterocycles. The number of rotatable bonds is 5. The topological polar surface area (TPSA) is 207 Å². The summed E-state index contributed by atoms with van der Waals surface area (Å²) in [5.74, 6) is -3.80. The van der Waals surface area contributed by atoms with Gasteiger partial charge in [-0.1, -0.05) is 12.1 Å². The standard InChI is InChI=1S/C23H22O12/c24-13-3-1-2-11-12(13)6-10(7-14(11)25)34-23-21(31)20(30)19(29)17(35-23)8-33-22(32)9-4-15(26)18(28)16(27)5-9/h1-7,17,19-21,23-31H,8H2/t17-,19-,20+,21-,23-/m1/s1. The van der Waals surface area contributed by atoms with Crippen LogP contribution in [0.1, 0.15) is 10.4 Å². The third-order valence-electron chi connectivity index (χ3n) is 5.53. The lowest BCUT2D eigenvalue weighted by atomic mass is 9.99. The third kappa shape index (κ3) is 4.68. The highest BCUT2D eigenvalue weighted by Gasteiger charge is 2.45. The average molecular weight is 490 g/mol. The molecule has 12 heteroatoms. The van der Waals surface area contributed by atoms with Crippen LogP contribution in [0.2, 0.25) is 0 Å². The molecule has 3 aromatic carbocycles. The van der Waals surface area contributed by atoms with Gasteiger partial charge in [0.1, 0.15) is 48.3 Å². The van der Waals surface area contributed by atoms with Crippen LogP contribution in [-0.2, 0) is 9.47 Å². The number of aromatic hydroxyl groups is 5. The molecule has 0 amide bonds. The van der Waals surface area contributed by atoms with Crippen molar-refractivity contribution in [3.05, 3.63) is 48.0 Å². The molecular weight excluding hydrogens is 468 g/mol.